The fourth-order valence-electron chi connectivity index (χ4n) is 3.44. The SMILES string of the molecule is CN=C(NCCc1cc(F)cc2c1OCOC2)NCC(O)c1cc2ccccc2s1.I. The fourth-order valence-corrected chi connectivity index (χ4v) is 4.49. The highest BCUT2D eigenvalue weighted by Gasteiger charge is 2.17. The molecule has 2 aromatic carbocycles. The number of rotatable bonds is 6. The molecule has 2 heterocycles. The van der Waals surface area contributed by atoms with Gasteiger partial charge in [0.15, 0.2) is 12.8 Å². The number of guanidine groups is 1. The van der Waals surface area contributed by atoms with Crippen LogP contribution in [0.2, 0.25) is 0 Å². The Bertz CT molecular complexity index is 1030. The Kier molecular flexibility index (Phi) is 8.47. The first-order valence-electron chi connectivity index (χ1n) is 9.77. The van der Waals surface area contributed by atoms with Gasteiger partial charge in [0.25, 0.3) is 0 Å². The van der Waals surface area contributed by atoms with E-state index < -0.39 is 6.10 Å². The van der Waals surface area contributed by atoms with E-state index in [1.165, 1.54) is 12.1 Å². The summed E-state index contributed by atoms with van der Waals surface area (Å²) in [5.74, 6) is 0.976. The molecule has 3 N–H and O–H groups in total. The van der Waals surface area contributed by atoms with Gasteiger partial charge >= 0.3 is 0 Å². The number of nitrogens with one attached hydrogen (secondary N) is 2. The molecule has 0 bridgehead atoms. The molecule has 0 spiro atoms. The van der Waals surface area contributed by atoms with Gasteiger partial charge in [-0.1, -0.05) is 18.2 Å². The number of aliphatic imine (C=N–C) groups is 1. The van der Waals surface area contributed by atoms with Crippen molar-refractivity contribution in [2.24, 2.45) is 4.99 Å². The predicted octanol–water partition coefficient (Wildman–Crippen LogP) is 3.97. The van der Waals surface area contributed by atoms with Gasteiger partial charge in [0.05, 0.1) is 6.61 Å². The minimum Gasteiger partial charge on any atom is -0.467 e. The van der Waals surface area contributed by atoms with Crippen molar-refractivity contribution in [3.05, 3.63) is 64.3 Å². The number of benzene rings is 2. The maximum Gasteiger partial charge on any atom is 0.191 e. The molecule has 0 aliphatic carbocycles. The third kappa shape index (κ3) is 5.85. The van der Waals surface area contributed by atoms with E-state index in [1.807, 2.05) is 30.3 Å². The van der Waals surface area contributed by atoms with Crippen LogP contribution in [0.4, 0.5) is 4.39 Å². The number of ether oxygens (including phenoxy) is 2. The summed E-state index contributed by atoms with van der Waals surface area (Å²) < 4.78 is 25.8. The molecular formula is C22H25FIN3O3S. The first kappa shape index (κ1) is 23.7. The molecule has 1 aliphatic rings. The molecule has 1 atom stereocenters. The highest BCUT2D eigenvalue weighted by molar-refractivity contribution is 14.0. The van der Waals surface area contributed by atoms with Crippen molar-refractivity contribution in [3.8, 4) is 5.75 Å². The van der Waals surface area contributed by atoms with E-state index in [2.05, 4.69) is 15.6 Å². The Labute approximate surface area is 201 Å². The van der Waals surface area contributed by atoms with Crippen molar-refractivity contribution in [3.63, 3.8) is 0 Å². The molecule has 0 amide bonds. The van der Waals surface area contributed by atoms with Gasteiger partial charge in [-0.3, -0.25) is 4.99 Å². The van der Waals surface area contributed by atoms with Gasteiger partial charge in [0.2, 0.25) is 0 Å². The Morgan fingerprint density at radius 3 is 2.90 bits per heavy atom. The van der Waals surface area contributed by atoms with E-state index in [-0.39, 0.29) is 36.6 Å². The van der Waals surface area contributed by atoms with Crippen LogP contribution in [0.15, 0.2) is 47.5 Å². The van der Waals surface area contributed by atoms with E-state index in [1.54, 1.807) is 18.4 Å². The molecule has 1 aromatic heterocycles. The molecule has 1 unspecified atom stereocenters. The number of hydrogen-bond donors (Lipinski definition) is 3. The zero-order valence-corrected chi connectivity index (χ0v) is 20.2. The zero-order valence-electron chi connectivity index (χ0n) is 17.1. The van der Waals surface area contributed by atoms with Gasteiger partial charge in [-0.15, -0.1) is 35.3 Å². The lowest BCUT2D eigenvalue weighted by atomic mass is 10.1. The largest absolute Gasteiger partial charge is 0.467 e. The van der Waals surface area contributed by atoms with Crippen LogP contribution in [0.5, 0.6) is 5.75 Å². The summed E-state index contributed by atoms with van der Waals surface area (Å²) in [6, 6.07) is 13.0. The van der Waals surface area contributed by atoms with Crippen molar-refractivity contribution < 1.29 is 19.0 Å². The molecule has 4 rings (SSSR count). The number of aliphatic hydroxyl groups is 1. The standard InChI is InChI=1S/C22H24FN3O3S.HI/c1-24-22(26-11-18(27)20-10-14-4-2-3-5-19(14)30-20)25-7-6-15-8-17(23)9-16-12-28-13-29-21(15)16;/h2-5,8-10,18,27H,6-7,11-13H2,1H3,(H2,24,25,26);1H. The molecule has 31 heavy (non-hydrogen) atoms. The molecule has 6 nitrogen and oxygen atoms in total. The zero-order chi connectivity index (χ0) is 20.9. The maximum atomic E-state index is 13.9. The summed E-state index contributed by atoms with van der Waals surface area (Å²) in [4.78, 5) is 5.10. The number of thiophene rings is 1. The molecular weight excluding hydrogens is 532 g/mol. The second-order valence-electron chi connectivity index (χ2n) is 7.00. The molecule has 0 radical (unpaired) electrons. The van der Waals surface area contributed by atoms with Crippen molar-refractivity contribution in [2.45, 2.75) is 19.1 Å². The topological polar surface area (TPSA) is 75.1 Å². The second-order valence-corrected chi connectivity index (χ2v) is 8.11. The number of aliphatic hydroxyl groups excluding tert-OH is 1. The Hall–Kier alpha value is -1.95. The summed E-state index contributed by atoms with van der Waals surface area (Å²) >= 11 is 1.58. The lowest BCUT2D eigenvalue weighted by Crippen LogP contribution is -2.40. The van der Waals surface area contributed by atoms with Crippen LogP contribution in [0.1, 0.15) is 22.1 Å². The lowest BCUT2D eigenvalue weighted by Gasteiger charge is -2.21. The van der Waals surface area contributed by atoms with E-state index >= 15 is 0 Å². The van der Waals surface area contributed by atoms with Crippen molar-refractivity contribution in [2.75, 3.05) is 26.9 Å². The van der Waals surface area contributed by atoms with Gasteiger partial charge in [-0.2, -0.15) is 0 Å². The van der Waals surface area contributed by atoms with Crippen LogP contribution in [0, 0.1) is 5.82 Å². The van der Waals surface area contributed by atoms with Crippen LogP contribution in [-0.4, -0.2) is 38.0 Å². The van der Waals surface area contributed by atoms with Crippen LogP contribution in [0.25, 0.3) is 10.1 Å². The number of fused-ring (bicyclic) bond motifs is 2. The predicted molar refractivity (Wildman–Crippen MR) is 132 cm³/mol. The van der Waals surface area contributed by atoms with E-state index in [0.717, 1.165) is 26.1 Å². The first-order valence-corrected chi connectivity index (χ1v) is 10.6. The van der Waals surface area contributed by atoms with Crippen LogP contribution < -0.4 is 15.4 Å². The molecule has 0 saturated carbocycles. The summed E-state index contributed by atoms with van der Waals surface area (Å²) in [5, 5.41) is 18.0. The molecule has 0 fully saturated rings. The van der Waals surface area contributed by atoms with Crippen LogP contribution in [-0.2, 0) is 17.8 Å². The van der Waals surface area contributed by atoms with Gasteiger partial charge in [0, 0.05) is 35.3 Å². The number of halogens is 2. The lowest BCUT2D eigenvalue weighted by molar-refractivity contribution is -0.0172. The summed E-state index contributed by atoms with van der Waals surface area (Å²) in [5.41, 5.74) is 1.52. The Morgan fingerprint density at radius 2 is 2.10 bits per heavy atom. The van der Waals surface area contributed by atoms with Crippen molar-refractivity contribution >= 4 is 51.4 Å². The summed E-state index contributed by atoms with van der Waals surface area (Å²) in [6.45, 7) is 1.41. The number of nitrogens with zero attached hydrogens (tertiary/aromatic N) is 1. The number of hydrogen-bond acceptors (Lipinski definition) is 5. The Morgan fingerprint density at radius 1 is 1.26 bits per heavy atom. The monoisotopic (exact) mass is 557 g/mol. The first-order chi connectivity index (χ1) is 14.6. The summed E-state index contributed by atoms with van der Waals surface area (Å²) in [6.07, 6.45) is -0.0655. The molecule has 0 saturated heterocycles. The Balaban J connectivity index is 0.00000272. The van der Waals surface area contributed by atoms with Crippen molar-refractivity contribution in [1.82, 2.24) is 10.6 Å². The maximum absolute atomic E-state index is 13.9. The molecule has 3 aromatic rings. The highest BCUT2D eigenvalue weighted by Crippen LogP contribution is 2.30. The van der Waals surface area contributed by atoms with E-state index in [9.17, 15) is 9.50 Å². The smallest absolute Gasteiger partial charge is 0.191 e. The van der Waals surface area contributed by atoms with E-state index in [4.69, 9.17) is 9.47 Å². The third-order valence-corrected chi connectivity index (χ3v) is 6.12. The van der Waals surface area contributed by atoms with Crippen LogP contribution in [0.3, 0.4) is 0 Å². The normalized spacial score (nSPS) is 14.4. The summed E-state index contributed by atoms with van der Waals surface area (Å²) in [7, 11) is 1.67. The minimum atomic E-state index is -0.635. The average molecular weight is 557 g/mol. The third-order valence-electron chi connectivity index (χ3n) is 4.90. The highest BCUT2D eigenvalue weighted by atomic mass is 127. The fraction of sp³-hybridized carbons (Fsp3) is 0.318. The van der Waals surface area contributed by atoms with Crippen molar-refractivity contribution in [1.29, 1.82) is 0 Å². The average Bonchev–Trinajstić information content (AvgIpc) is 3.20. The van der Waals surface area contributed by atoms with Gasteiger partial charge in [-0.25, -0.2) is 4.39 Å². The minimum absolute atomic E-state index is 0. The van der Waals surface area contributed by atoms with Gasteiger partial charge in [0.1, 0.15) is 17.7 Å². The quantitative estimate of drug-likeness (QED) is 0.243. The molecule has 1 aliphatic heterocycles. The second kappa shape index (κ2) is 11.1. The van der Waals surface area contributed by atoms with E-state index in [0.29, 0.717) is 37.8 Å². The molecule has 9 heteroatoms. The van der Waals surface area contributed by atoms with Gasteiger partial charge < -0.3 is 25.2 Å². The van der Waals surface area contributed by atoms with Crippen LogP contribution >= 0.6 is 35.3 Å². The van der Waals surface area contributed by atoms with Gasteiger partial charge in [-0.05, 0) is 41.6 Å². The molecule has 166 valence electrons.